The lowest BCUT2D eigenvalue weighted by Crippen LogP contribution is -2.28. The maximum atomic E-state index is 5.39. The molecule has 2 atom stereocenters. The molecule has 4 heteroatoms. The molecule has 0 radical (unpaired) electrons. The summed E-state index contributed by atoms with van der Waals surface area (Å²) >= 11 is 0. The van der Waals surface area contributed by atoms with Gasteiger partial charge in [0.2, 0.25) is 0 Å². The van der Waals surface area contributed by atoms with E-state index >= 15 is 0 Å². The fraction of sp³-hybridized carbons (Fsp3) is 0.250. The smallest absolute Gasteiger partial charge is 0.118 e. The Bertz CT molecular complexity index is 1120. The highest BCUT2D eigenvalue weighted by Gasteiger charge is 2.41. The van der Waals surface area contributed by atoms with Crippen LogP contribution in [0.15, 0.2) is 89.5 Å². The molecule has 162 valence electrons. The van der Waals surface area contributed by atoms with Crippen molar-refractivity contribution in [3.63, 3.8) is 0 Å². The zero-order valence-corrected chi connectivity index (χ0v) is 18.6. The predicted molar refractivity (Wildman–Crippen MR) is 130 cm³/mol. The average molecular weight is 425 g/mol. The molecule has 1 heterocycles. The number of hydrogen-bond acceptors (Lipinski definition) is 4. The topological polar surface area (TPSA) is 34.1 Å². The molecule has 1 fully saturated rings. The van der Waals surface area contributed by atoms with Gasteiger partial charge in [-0.2, -0.15) is 5.10 Å². The highest BCUT2D eigenvalue weighted by molar-refractivity contribution is 6.08. The van der Waals surface area contributed by atoms with Gasteiger partial charge in [-0.05, 0) is 78.4 Å². The molecule has 0 aromatic heterocycles. The molecule has 5 rings (SSSR count). The number of hydrogen-bond donors (Lipinski definition) is 0. The lowest BCUT2D eigenvalue weighted by Gasteiger charge is -2.30. The fourth-order valence-electron chi connectivity index (χ4n) is 4.83. The molecule has 1 aliphatic heterocycles. The first-order chi connectivity index (χ1) is 15.8. The van der Waals surface area contributed by atoms with Crippen LogP contribution in [0.25, 0.3) is 6.08 Å². The standard InChI is InChI=1S/C28H28N2O2/c1-31-24-15-11-20(12-16-24)19-22-7-6-10-26-27(22)29-30(23-8-4-3-5-9-23)28(26)21-13-17-25(32-2)18-14-21/h3-5,8-9,11-19,26,28H,6-7,10H2,1-2H3/b22-19+/t26-,28+/m1/s1. The van der Waals surface area contributed by atoms with E-state index < -0.39 is 0 Å². The van der Waals surface area contributed by atoms with Crippen LogP contribution < -0.4 is 14.5 Å². The Hall–Kier alpha value is -3.53. The average Bonchev–Trinajstić information content (AvgIpc) is 3.26. The summed E-state index contributed by atoms with van der Waals surface area (Å²) in [7, 11) is 3.41. The van der Waals surface area contributed by atoms with E-state index in [0.29, 0.717) is 5.92 Å². The Morgan fingerprint density at radius 2 is 1.50 bits per heavy atom. The number of allylic oxidation sites excluding steroid dienone is 1. The molecule has 4 nitrogen and oxygen atoms in total. The van der Waals surface area contributed by atoms with Crippen molar-refractivity contribution in [2.45, 2.75) is 25.3 Å². The van der Waals surface area contributed by atoms with Crippen molar-refractivity contribution in [2.24, 2.45) is 11.0 Å². The number of fused-ring (bicyclic) bond motifs is 1. The van der Waals surface area contributed by atoms with Crippen molar-refractivity contribution in [1.82, 2.24) is 0 Å². The third-order valence-electron chi connectivity index (χ3n) is 6.44. The number of benzene rings is 3. The van der Waals surface area contributed by atoms with Crippen molar-refractivity contribution in [1.29, 1.82) is 0 Å². The number of rotatable bonds is 5. The Morgan fingerprint density at radius 1 is 0.844 bits per heavy atom. The summed E-state index contributed by atoms with van der Waals surface area (Å²) in [5.41, 5.74) is 6.13. The molecule has 0 N–H and O–H groups in total. The lowest BCUT2D eigenvalue weighted by molar-refractivity contribution is 0.414. The summed E-state index contributed by atoms with van der Waals surface area (Å²) in [5.74, 6) is 2.12. The van der Waals surface area contributed by atoms with E-state index in [1.165, 1.54) is 28.8 Å². The van der Waals surface area contributed by atoms with Gasteiger partial charge < -0.3 is 9.47 Å². The molecule has 0 bridgehead atoms. The van der Waals surface area contributed by atoms with Gasteiger partial charge in [0.05, 0.1) is 31.7 Å². The minimum atomic E-state index is 0.179. The molecule has 0 unspecified atom stereocenters. The van der Waals surface area contributed by atoms with Gasteiger partial charge in [0.15, 0.2) is 0 Å². The van der Waals surface area contributed by atoms with Gasteiger partial charge in [0.1, 0.15) is 11.5 Å². The van der Waals surface area contributed by atoms with Gasteiger partial charge in [0.25, 0.3) is 0 Å². The van der Waals surface area contributed by atoms with Crippen molar-refractivity contribution in [3.8, 4) is 11.5 Å². The number of para-hydroxylation sites is 1. The molecule has 3 aromatic rings. The van der Waals surface area contributed by atoms with Gasteiger partial charge >= 0.3 is 0 Å². The molecule has 1 aliphatic carbocycles. The largest absolute Gasteiger partial charge is 0.497 e. The van der Waals surface area contributed by atoms with E-state index in [-0.39, 0.29) is 6.04 Å². The van der Waals surface area contributed by atoms with Crippen LogP contribution in [0.5, 0.6) is 11.5 Å². The molecule has 1 saturated carbocycles. The highest BCUT2D eigenvalue weighted by atomic mass is 16.5. The number of hydrazone groups is 1. The number of ether oxygens (including phenoxy) is 2. The minimum Gasteiger partial charge on any atom is -0.497 e. The van der Waals surface area contributed by atoms with Crippen LogP contribution in [0.2, 0.25) is 0 Å². The number of methoxy groups -OCH3 is 2. The van der Waals surface area contributed by atoms with Gasteiger partial charge in [-0.3, -0.25) is 5.01 Å². The van der Waals surface area contributed by atoms with Crippen LogP contribution in [0, 0.1) is 5.92 Å². The lowest BCUT2D eigenvalue weighted by atomic mass is 9.77. The first-order valence-electron chi connectivity index (χ1n) is 11.2. The van der Waals surface area contributed by atoms with E-state index in [1.807, 2.05) is 24.3 Å². The van der Waals surface area contributed by atoms with Crippen molar-refractivity contribution in [3.05, 3.63) is 95.6 Å². The molecule has 3 aromatic carbocycles. The van der Waals surface area contributed by atoms with Crippen molar-refractivity contribution < 1.29 is 9.47 Å². The third kappa shape index (κ3) is 3.89. The Morgan fingerprint density at radius 3 is 2.16 bits per heavy atom. The maximum absolute atomic E-state index is 5.39. The summed E-state index contributed by atoms with van der Waals surface area (Å²) in [6.07, 6.45) is 5.66. The van der Waals surface area contributed by atoms with Crippen molar-refractivity contribution >= 4 is 17.5 Å². The van der Waals surface area contributed by atoms with E-state index in [1.54, 1.807) is 14.2 Å². The first kappa shape index (κ1) is 20.4. The summed E-state index contributed by atoms with van der Waals surface area (Å²) in [6.45, 7) is 0. The van der Waals surface area contributed by atoms with E-state index in [0.717, 1.165) is 30.0 Å². The molecular weight excluding hydrogens is 396 g/mol. The van der Waals surface area contributed by atoms with Gasteiger partial charge in [-0.15, -0.1) is 0 Å². The maximum Gasteiger partial charge on any atom is 0.118 e. The number of nitrogens with zero attached hydrogens (tertiary/aromatic N) is 2. The zero-order chi connectivity index (χ0) is 21.9. The normalized spacial score (nSPS) is 21.2. The van der Waals surface area contributed by atoms with Crippen LogP contribution in [-0.2, 0) is 0 Å². The highest BCUT2D eigenvalue weighted by Crippen LogP contribution is 2.46. The van der Waals surface area contributed by atoms with Crippen LogP contribution in [0.1, 0.15) is 36.4 Å². The van der Waals surface area contributed by atoms with E-state index in [4.69, 9.17) is 14.6 Å². The van der Waals surface area contributed by atoms with Crippen LogP contribution in [0.4, 0.5) is 5.69 Å². The molecule has 32 heavy (non-hydrogen) atoms. The Kier molecular flexibility index (Phi) is 5.68. The molecule has 0 amide bonds. The van der Waals surface area contributed by atoms with E-state index in [2.05, 4.69) is 65.7 Å². The Labute approximate surface area is 189 Å². The SMILES string of the molecule is COc1ccc(/C=C2\CCC[C@@H]3C2=NN(c2ccccc2)[C@H]3c2ccc(OC)cc2)cc1. The van der Waals surface area contributed by atoms with Gasteiger partial charge in [-0.1, -0.05) is 42.5 Å². The van der Waals surface area contributed by atoms with Crippen LogP contribution in [-0.4, -0.2) is 19.9 Å². The zero-order valence-electron chi connectivity index (χ0n) is 18.6. The summed E-state index contributed by atoms with van der Waals surface area (Å²) in [5, 5.41) is 7.44. The fourth-order valence-corrected chi connectivity index (χ4v) is 4.83. The minimum absolute atomic E-state index is 0.179. The van der Waals surface area contributed by atoms with E-state index in [9.17, 15) is 0 Å². The molecular formula is C28H28N2O2. The quantitative estimate of drug-likeness (QED) is 0.468. The molecule has 0 saturated heterocycles. The van der Waals surface area contributed by atoms with Crippen LogP contribution in [0.3, 0.4) is 0 Å². The second-order valence-electron chi connectivity index (χ2n) is 8.32. The second kappa shape index (κ2) is 8.91. The summed E-state index contributed by atoms with van der Waals surface area (Å²) < 4.78 is 10.7. The Balaban J connectivity index is 1.54. The predicted octanol–water partition coefficient (Wildman–Crippen LogP) is 6.50. The third-order valence-corrected chi connectivity index (χ3v) is 6.44. The molecule has 2 aliphatic rings. The van der Waals surface area contributed by atoms with Gasteiger partial charge in [-0.25, -0.2) is 0 Å². The van der Waals surface area contributed by atoms with Crippen LogP contribution >= 0.6 is 0 Å². The molecule has 0 spiro atoms. The van der Waals surface area contributed by atoms with Crippen molar-refractivity contribution in [2.75, 3.05) is 19.2 Å². The first-order valence-corrected chi connectivity index (χ1v) is 11.2. The summed E-state index contributed by atoms with van der Waals surface area (Å²) in [4.78, 5) is 0. The second-order valence-corrected chi connectivity index (χ2v) is 8.32. The summed E-state index contributed by atoms with van der Waals surface area (Å²) in [6, 6.07) is 27.4. The number of anilines is 1. The van der Waals surface area contributed by atoms with Gasteiger partial charge in [0, 0.05) is 5.92 Å². The monoisotopic (exact) mass is 424 g/mol.